The quantitative estimate of drug-likeness (QED) is 0.186. The number of unbranched alkanes of at least 4 members (excludes halogenated alkanes) is 1. The van der Waals surface area contributed by atoms with Crippen LogP contribution in [0.3, 0.4) is 0 Å². The molecule has 172 valence electrons. The molecule has 0 bridgehead atoms. The van der Waals surface area contributed by atoms with E-state index in [0.29, 0.717) is 26.4 Å². The number of aryl methyl sites for hydroxylation is 2. The number of nitrogens with one attached hydrogen (secondary N) is 2. The Hall–Kier alpha value is -2.07. The van der Waals surface area contributed by atoms with E-state index in [1.54, 1.807) is 23.7 Å². The third-order valence-electron chi connectivity index (χ3n) is 4.60. The minimum absolute atomic E-state index is 0. The van der Waals surface area contributed by atoms with E-state index in [1.807, 2.05) is 25.3 Å². The average Bonchev–Trinajstić information content (AvgIpc) is 2.75. The van der Waals surface area contributed by atoms with Crippen molar-refractivity contribution in [1.29, 1.82) is 0 Å². The molecule has 0 aliphatic rings. The monoisotopic (exact) mass is 542 g/mol. The maximum absolute atomic E-state index is 11.7. The van der Waals surface area contributed by atoms with E-state index in [-0.39, 0.29) is 29.5 Å². The van der Waals surface area contributed by atoms with Gasteiger partial charge in [-0.1, -0.05) is 18.2 Å². The fraction of sp³-hybridized carbons (Fsp3) is 0.478. The van der Waals surface area contributed by atoms with Crippen LogP contribution < -0.4 is 20.9 Å². The SMILES string of the molecule is CCOCCOc1cc(C)ccc1CNC(=NC)NCCCCn1ccccc1=O.I. The molecule has 2 rings (SSSR count). The van der Waals surface area contributed by atoms with Gasteiger partial charge in [-0.05, 0) is 44.4 Å². The summed E-state index contributed by atoms with van der Waals surface area (Å²) in [7, 11) is 1.76. The van der Waals surface area contributed by atoms with Crippen LogP contribution in [-0.2, 0) is 17.8 Å². The molecular formula is C23H35IN4O3. The normalized spacial score (nSPS) is 11.0. The topological polar surface area (TPSA) is 76.9 Å². The Kier molecular flexibility index (Phi) is 13.6. The number of hydrogen-bond donors (Lipinski definition) is 2. The molecule has 1 aromatic heterocycles. The standard InChI is InChI=1S/C23H34N4O3.HI/c1-4-29-15-16-30-21-17-19(2)10-11-20(21)18-26-23(24-3)25-12-6-8-14-27-13-7-5-9-22(27)28;/h5,7,9-11,13,17H,4,6,8,12,14-16,18H2,1-3H3,(H2,24,25,26);1H. The molecule has 0 unspecified atom stereocenters. The lowest BCUT2D eigenvalue weighted by Gasteiger charge is -2.15. The zero-order chi connectivity index (χ0) is 21.6. The van der Waals surface area contributed by atoms with Crippen molar-refractivity contribution in [3.8, 4) is 5.75 Å². The van der Waals surface area contributed by atoms with E-state index in [4.69, 9.17) is 9.47 Å². The van der Waals surface area contributed by atoms with E-state index < -0.39 is 0 Å². The summed E-state index contributed by atoms with van der Waals surface area (Å²) < 4.78 is 13.0. The van der Waals surface area contributed by atoms with Gasteiger partial charge in [0.15, 0.2) is 5.96 Å². The van der Waals surface area contributed by atoms with Crippen molar-refractivity contribution in [2.24, 2.45) is 4.99 Å². The number of aliphatic imine (C=N–C) groups is 1. The van der Waals surface area contributed by atoms with Crippen LogP contribution in [0.4, 0.5) is 0 Å². The molecule has 0 aliphatic heterocycles. The molecule has 0 aliphatic carbocycles. The summed E-state index contributed by atoms with van der Waals surface area (Å²) in [6.45, 7) is 7.95. The van der Waals surface area contributed by atoms with E-state index in [2.05, 4.69) is 34.7 Å². The molecule has 0 atom stereocenters. The number of nitrogens with zero attached hydrogens (tertiary/aromatic N) is 2. The zero-order valence-electron chi connectivity index (χ0n) is 18.7. The molecule has 1 aromatic carbocycles. The summed E-state index contributed by atoms with van der Waals surface area (Å²) >= 11 is 0. The summed E-state index contributed by atoms with van der Waals surface area (Å²) in [5.74, 6) is 1.61. The van der Waals surface area contributed by atoms with Gasteiger partial charge in [0.25, 0.3) is 0 Å². The van der Waals surface area contributed by atoms with Gasteiger partial charge in [0.05, 0.1) is 6.61 Å². The van der Waals surface area contributed by atoms with E-state index in [0.717, 1.165) is 48.8 Å². The van der Waals surface area contributed by atoms with Gasteiger partial charge >= 0.3 is 0 Å². The van der Waals surface area contributed by atoms with Gasteiger partial charge in [-0.25, -0.2) is 0 Å². The molecule has 8 heteroatoms. The molecule has 2 N–H and O–H groups in total. The Balaban J connectivity index is 0.00000480. The van der Waals surface area contributed by atoms with Gasteiger partial charge in [-0.15, -0.1) is 24.0 Å². The predicted molar refractivity (Wildman–Crippen MR) is 137 cm³/mol. The Morgan fingerprint density at radius 1 is 1.13 bits per heavy atom. The second-order valence-corrected chi connectivity index (χ2v) is 6.95. The van der Waals surface area contributed by atoms with Gasteiger partial charge < -0.3 is 24.7 Å². The smallest absolute Gasteiger partial charge is 0.250 e. The number of rotatable bonds is 12. The minimum Gasteiger partial charge on any atom is -0.491 e. The molecular weight excluding hydrogens is 507 g/mol. The number of aromatic nitrogens is 1. The highest BCUT2D eigenvalue weighted by molar-refractivity contribution is 14.0. The van der Waals surface area contributed by atoms with Crippen LogP contribution >= 0.6 is 24.0 Å². The number of halogens is 1. The van der Waals surface area contributed by atoms with Gasteiger partial charge in [-0.3, -0.25) is 9.79 Å². The number of pyridine rings is 1. The molecule has 0 saturated heterocycles. The van der Waals surface area contributed by atoms with E-state index in [1.165, 1.54) is 0 Å². The number of ether oxygens (including phenoxy) is 2. The lowest BCUT2D eigenvalue weighted by atomic mass is 10.1. The van der Waals surface area contributed by atoms with Gasteiger partial charge in [0.1, 0.15) is 12.4 Å². The molecule has 2 aromatic rings. The first kappa shape index (κ1) is 27.0. The van der Waals surface area contributed by atoms with Gasteiger partial charge in [0.2, 0.25) is 5.56 Å². The highest BCUT2D eigenvalue weighted by Crippen LogP contribution is 2.20. The molecule has 0 spiro atoms. The van der Waals surface area contributed by atoms with Crippen molar-refractivity contribution < 1.29 is 9.47 Å². The van der Waals surface area contributed by atoms with Crippen LogP contribution in [-0.4, -0.2) is 43.9 Å². The Bertz CT molecular complexity index is 855. The van der Waals surface area contributed by atoms with Crippen LogP contribution in [0.5, 0.6) is 5.75 Å². The molecule has 0 fully saturated rings. The Morgan fingerprint density at radius 3 is 2.71 bits per heavy atom. The van der Waals surface area contributed by atoms with Crippen molar-refractivity contribution in [1.82, 2.24) is 15.2 Å². The van der Waals surface area contributed by atoms with Crippen molar-refractivity contribution in [2.45, 2.75) is 39.8 Å². The average molecular weight is 542 g/mol. The summed E-state index contributed by atoms with van der Waals surface area (Å²) in [5.41, 5.74) is 2.27. The van der Waals surface area contributed by atoms with Crippen LogP contribution in [0.1, 0.15) is 30.9 Å². The van der Waals surface area contributed by atoms with Crippen molar-refractivity contribution in [3.05, 3.63) is 64.1 Å². The lowest BCUT2D eigenvalue weighted by Crippen LogP contribution is -2.37. The van der Waals surface area contributed by atoms with Gasteiger partial charge in [-0.2, -0.15) is 0 Å². The van der Waals surface area contributed by atoms with Crippen LogP contribution in [0.25, 0.3) is 0 Å². The van der Waals surface area contributed by atoms with Crippen LogP contribution in [0.15, 0.2) is 52.4 Å². The molecule has 0 amide bonds. The predicted octanol–water partition coefficient (Wildman–Crippen LogP) is 3.34. The Labute approximate surface area is 202 Å². The second kappa shape index (κ2) is 15.7. The highest BCUT2D eigenvalue weighted by atomic mass is 127. The van der Waals surface area contributed by atoms with E-state index in [9.17, 15) is 4.79 Å². The number of guanidine groups is 1. The molecule has 7 nitrogen and oxygen atoms in total. The summed E-state index contributed by atoms with van der Waals surface area (Å²) in [5, 5.41) is 6.66. The number of hydrogen-bond acceptors (Lipinski definition) is 4. The maximum atomic E-state index is 11.7. The highest BCUT2D eigenvalue weighted by Gasteiger charge is 2.06. The van der Waals surface area contributed by atoms with Crippen molar-refractivity contribution in [2.75, 3.05) is 33.4 Å². The third kappa shape index (κ3) is 10.2. The fourth-order valence-corrected chi connectivity index (χ4v) is 2.96. The van der Waals surface area contributed by atoms with Crippen molar-refractivity contribution in [3.63, 3.8) is 0 Å². The van der Waals surface area contributed by atoms with E-state index >= 15 is 0 Å². The lowest BCUT2D eigenvalue weighted by molar-refractivity contribution is 0.110. The first-order valence-electron chi connectivity index (χ1n) is 10.5. The largest absolute Gasteiger partial charge is 0.491 e. The van der Waals surface area contributed by atoms with Crippen LogP contribution in [0.2, 0.25) is 0 Å². The molecule has 31 heavy (non-hydrogen) atoms. The summed E-state index contributed by atoms with van der Waals surface area (Å²) in [6.07, 6.45) is 3.69. The molecule has 1 heterocycles. The zero-order valence-corrected chi connectivity index (χ0v) is 21.1. The third-order valence-corrected chi connectivity index (χ3v) is 4.60. The van der Waals surface area contributed by atoms with Gasteiger partial charge in [0, 0.05) is 51.1 Å². The van der Waals surface area contributed by atoms with Crippen molar-refractivity contribution >= 4 is 29.9 Å². The summed E-state index contributed by atoms with van der Waals surface area (Å²) in [6, 6.07) is 11.4. The molecule has 0 radical (unpaired) electrons. The first-order valence-corrected chi connectivity index (χ1v) is 10.5. The number of benzene rings is 1. The minimum atomic E-state index is 0. The first-order chi connectivity index (χ1) is 14.6. The maximum Gasteiger partial charge on any atom is 0.250 e. The Morgan fingerprint density at radius 2 is 1.97 bits per heavy atom. The summed E-state index contributed by atoms with van der Waals surface area (Å²) in [4.78, 5) is 16.0. The second-order valence-electron chi connectivity index (χ2n) is 6.95. The fourth-order valence-electron chi connectivity index (χ4n) is 2.96. The molecule has 0 saturated carbocycles. The van der Waals surface area contributed by atoms with Crippen LogP contribution in [0, 0.1) is 6.92 Å².